The Morgan fingerprint density at radius 3 is 2.21 bits per heavy atom. The van der Waals surface area contributed by atoms with Crippen LogP contribution in [0, 0.1) is 12.7 Å². The molecule has 5 rings (SSSR count). The summed E-state index contributed by atoms with van der Waals surface area (Å²) in [5, 5.41) is 3.17. The molecule has 1 heterocycles. The number of anilines is 1. The molecule has 0 atom stereocenters. The van der Waals surface area contributed by atoms with Gasteiger partial charge in [-0.05, 0) is 48.4 Å². The van der Waals surface area contributed by atoms with Gasteiger partial charge in [-0.3, -0.25) is 9.10 Å². The van der Waals surface area contributed by atoms with Crippen LogP contribution in [0.25, 0.3) is 33.4 Å². The van der Waals surface area contributed by atoms with E-state index in [2.05, 4.69) is 5.32 Å². The number of furan rings is 1. The van der Waals surface area contributed by atoms with Crippen LogP contribution in [0.5, 0.6) is 0 Å². The maximum atomic E-state index is 13.7. The van der Waals surface area contributed by atoms with Gasteiger partial charge in [-0.15, -0.1) is 0 Å². The van der Waals surface area contributed by atoms with E-state index in [9.17, 15) is 17.6 Å². The molecule has 6 nitrogen and oxygen atoms in total. The van der Waals surface area contributed by atoms with Crippen LogP contribution in [0.4, 0.5) is 10.1 Å². The number of hydrogen-bond acceptors (Lipinski definition) is 4. The summed E-state index contributed by atoms with van der Waals surface area (Å²) < 4.78 is 47.6. The molecule has 1 aromatic heterocycles. The summed E-state index contributed by atoms with van der Waals surface area (Å²) in [7, 11) is -2.21. The third-order valence-electron chi connectivity index (χ3n) is 6.57. The van der Waals surface area contributed by atoms with Crippen molar-refractivity contribution in [1.82, 2.24) is 5.32 Å². The molecule has 0 radical (unpaired) electrons. The quantitative estimate of drug-likeness (QED) is 0.253. The first-order chi connectivity index (χ1) is 18.7. The molecule has 1 amide bonds. The Balaban J connectivity index is 1.80. The van der Waals surface area contributed by atoms with E-state index in [1.807, 2.05) is 61.5 Å². The molecular weight excluding hydrogens is 515 g/mol. The number of hydrogen-bond donors (Lipinski definition) is 1. The highest BCUT2D eigenvalue weighted by Gasteiger charge is 2.27. The van der Waals surface area contributed by atoms with Gasteiger partial charge in [-0.1, -0.05) is 60.2 Å². The van der Waals surface area contributed by atoms with Crippen molar-refractivity contribution in [2.24, 2.45) is 0 Å². The predicted octanol–water partition coefficient (Wildman–Crippen LogP) is 6.54. The van der Waals surface area contributed by atoms with Crippen LogP contribution in [0.1, 0.15) is 21.5 Å². The number of carbonyl (C=O) groups excluding carboxylic acids is 1. The van der Waals surface area contributed by atoms with Gasteiger partial charge in [0.2, 0.25) is 10.0 Å². The first-order valence-electron chi connectivity index (χ1n) is 12.3. The van der Waals surface area contributed by atoms with Crippen LogP contribution in [-0.4, -0.2) is 27.6 Å². The molecule has 5 aromatic rings. The predicted molar refractivity (Wildman–Crippen MR) is 153 cm³/mol. The van der Waals surface area contributed by atoms with E-state index in [0.717, 1.165) is 16.7 Å². The third kappa shape index (κ3) is 5.28. The number of carbonyl (C=O) groups is 1. The average molecular weight is 543 g/mol. The van der Waals surface area contributed by atoms with Crippen molar-refractivity contribution in [3.05, 3.63) is 114 Å². The summed E-state index contributed by atoms with van der Waals surface area (Å²) in [4.78, 5) is 13.1. The highest BCUT2D eigenvalue weighted by atomic mass is 32.2. The summed E-state index contributed by atoms with van der Waals surface area (Å²) in [6.45, 7) is 2.08. The van der Waals surface area contributed by atoms with Crippen LogP contribution in [-0.2, 0) is 16.6 Å². The van der Waals surface area contributed by atoms with Gasteiger partial charge in [0.15, 0.2) is 0 Å². The van der Waals surface area contributed by atoms with Crippen LogP contribution in [0.3, 0.4) is 0 Å². The van der Waals surface area contributed by atoms with E-state index >= 15 is 0 Å². The minimum atomic E-state index is -3.74. The maximum Gasteiger partial charge on any atom is 0.255 e. The lowest BCUT2D eigenvalue weighted by atomic mass is 9.98. The summed E-state index contributed by atoms with van der Waals surface area (Å²) in [5.41, 5.74) is 4.85. The van der Waals surface area contributed by atoms with Crippen molar-refractivity contribution < 1.29 is 22.0 Å². The zero-order valence-corrected chi connectivity index (χ0v) is 22.6. The normalized spacial score (nSPS) is 11.5. The Morgan fingerprint density at radius 2 is 1.59 bits per heavy atom. The second-order valence-electron chi connectivity index (χ2n) is 9.38. The van der Waals surface area contributed by atoms with Crippen LogP contribution in [0.2, 0.25) is 0 Å². The summed E-state index contributed by atoms with van der Waals surface area (Å²) in [6, 6.07) is 26.2. The standard InChI is InChI=1S/C31H27FN2O4S/c1-20-9-11-21(12-10-20)19-34(39(3,36)37)27-18-28-26(17-25(27)22-7-5-4-6-8-22)29(31(35)33-2)30(38-28)23-13-15-24(32)16-14-23/h4-18H,19H2,1-3H3,(H,33,35). The number of nitrogens with zero attached hydrogens (tertiary/aromatic N) is 1. The van der Waals surface area contributed by atoms with Gasteiger partial charge in [-0.25, -0.2) is 12.8 Å². The van der Waals surface area contributed by atoms with Crippen molar-refractivity contribution in [1.29, 1.82) is 0 Å². The van der Waals surface area contributed by atoms with Gasteiger partial charge < -0.3 is 9.73 Å². The Kier molecular flexibility index (Phi) is 6.97. The van der Waals surface area contributed by atoms with Gasteiger partial charge in [0.05, 0.1) is 24.1 Å². The lowest BCUT2D eigenvalue weighted by Gasteiger charge is -2.25. The molecule has 198 valence electrons. The van der Waals surface area contributed by atoms with Gasteiger partial charge in [0, 0.05) is 29.6 Å². The molecule has 1 N–H and O–H groups in total. The zero-order valence-electron chi connectivity index (χ0n) is 21.7. The van der Waals surface area contributed by atoms with Gasteiger partial charge >= 0.3 is 0 Å². The zero-order chi connectivity index (χ0) is 27.7. The third-order valence-corrected chi connectivity index (χ3v) is 7.69. The van der Waals surface area contributed by atoms with Crippen molar-refractivity contribution in [2.45, 2.75) is 13.5 Å². The molecule has 0 bridgehead atoms. The molecule has 0 unspecified atom stereocenters. The van der Waals surface area contributed by atoms with E-state index in [0.29, 0.717) is 27.8 Å². The lowest BCUT2D eigenvalue weighted by Crippen LogP contribution is -2.29. The molecular formula is C31H27FN2O4S. The van der Waals surface area contributed by atoms with Gasteiger partial charge in [0.1, 0.15) is 17.2 Å². The molecule has 0 fully saturated rings. The van der Waals surface area contributed by atoms with Crippen LogP contribution in [0.15, 0.2) is 95.4 Å². The van der Waals surface area contributed by atoms with E-state index in [4.69, 9.17) is 4.42 Å². The topological polar surface area (TPSA) is 79.6 Å². The van der Waals surface area contributed by atoms with Crippen LogP contribution >= 0.6 is 0 Å². The number of rotatable bonds is 7. The minimum absolute atomic E-state index is 0.109. The van der Waals surface area contributed by atoms with Crippen LogP contribution < -0.4 is 9.62 Å². The second-order valence-corrected chi connectivity index (χ2v) is 11.3. The number of benzene rings is 4. The van der Waals surface area contributed by atoms with Gasteiger partial charge in [-0.2, -0.15) is 0 Å². The second kappa shape index (κ2) is 10.4. The SMILES string of the molecule is CNC(=O)c1c(-c2ccc(F)cc2)oc2cc(N(Cc3ccc(C)cc3)S(C)(=O)=O)c(-c3ccccc3)cc12. The molecule has 0 aliphatic heterocycles. The molecule has 0 spiro atoms. The number of fused-ring (bicyclic) bond motifs is 1. The molecule has 0 aliphatic rings. The highest BCUT2D eigenvalue weighted by Crippen LogP contribution is 2.42. The lowest BCUT2D eigenvalue weighted by molar-refractivity contribution is 0.0964. The number of amides is 1. The molecule has 0 saturated carbocycles. The smallest absolute Gasteiger partial charge is 0.255 e. The van der Waals surface area contributed by atoms with Crippen molar-refractivity contribution in [3.63, 3.8) is 0 Å². The molecule has 0 aliphatic carbocycles. The largest absolute Gasteiger partial charge is 0.455 e. The summed E-state index contributed by atoms with van der Waals surface area (Å²) in [5.74, 6) is -0.519. The van der Waals surface area contributed by atoms with Crippen molar-refractivity contribution in [2.75, 3.05) is 17.6 Å². The fourth-order valence-electron chi connectivity index (χ4n) is 4.58. The van der Waals surface area contributed by atoms with E-state index in [1.54, 1.807) is 24.3 Å². The highest BCUT2D eigenvalue weighted by molar-refractivity contribution is 7.92. The summed E-state index contributed by atoms with van der Waals surface area (Å²) in [6.07, 6.45) is 1.17. The van der Waals surface area contributed by atoms with E-state index < -0.39 is 15.8 Å². The minimum Gasteiger partial charge on any atom is -0.455 e. The number of nitrogens with one attached hydrogen (secondary N) is 1. The van der Waals surface area contributed by atoms with Gasteiger partial charge in [0.25, 0.3) is 5.91 Å². The number of sulfonamides is 1. The van der Waals surface area contributed by atoms with Crippen molar-refractivity contribution >= 4 is 32.6 Å². The number of halogens is 1. The first kappa shape index (κ1) is 26.2. The fourth-order valence-corrected chi connectivity index (χ4v) is 5.47. The van der Waals surface area contributed by atoms with E-state index in [-0.39, 0.29) is 23.8 Å². The van der Waals surface area contributed by atoms with E-state index in [1.165, 1.54) is 29.7 Å². The monoisotopic (exact) mass is 542 g/mol. The molecule has 39 heavy (non-hydrogen) atoms. The Bertz CT molecular complexity index is 1760. The molecule has 8 heteroatoms. The first-order valence-corrected chi connectivity index (χ1v) is 14.2. The fraction of sp³-hybridized carbons (Fsp3) is 0.129. The maximum absolute atomic E-state index is 13.7. The molecule has 4 aromatic carbocycles. The Labute approximate surface area is 226 Å². The van der Waals surface area contributed by atoms with Crippen molar-refractivity contribution in [3.8, 4) is 22.5 Å². The average Bonchev–Trinajstić information content (AvgIpc) is 3.30. The number of aryl methyl sites for hydroxylation is 1. The Hall–Kier alpha value is -4.43. The summed E-state index contributed by atoms with van der Waals surface area (Å²) >= 11 is 0. The molecule has 0 saturated heterocycles. The Morgan fingerprint density at radius 1 is 0.923 bits per heavy atom.